The van der Waals surface area contributed by atoms with Crippen molar-refractivity contribution in [2.45, 2.75) is 6.42 Å². The zero-order valence-electron chi connectivity index (χ0n) is 21.0. The van der Waals surface area contributed by atoms with E-state index in [-0.39, 0.29) is 0 Å². The molecule has 0 fully saturated rings. The molecule has 38 heavy (non-hydrogen) atoms. The minimum atomic E-state index is 0.951. The predicted molar refractivity (Wildman–Crippen MR) is 166 cm³/mol. The van der Waals surface area contributed by atoms with Gasteiger partial charge in [-0.1, -0.05) is 121 Å². The van der Waals surface area contributed by atoms with E-state index in [1.165, 1.54) is 59.4 Å². The molecule has 1 aromatic heterocycles. The van der Waals surface area contributed by atoms with Crippen LogP contribution in [0.5, 0.6) is 0 Å². The van der Waals surface area contributed by atoms with E-state index in [1.54, 1.807) is 0 Å². The van der Waals surface area contributed by atoms with Crippen molar-refractivity contribution >= 4 is 48.5 Å². The van der Waals surface area contributed by atoms with E-state index < -0.39 is 0 Å². The van der Waals surface area contributed by atoms with Crippen molar-refractivity contribution in [2.24, 2.45) is 0 Å². The highest BCUT2D eigenvalue weighted by molar-refractivity contribution is 7.26. The molecule has 0 aliphatic rings. The Hall–Kier alpha value is -4.53. The lowest BCUT2D eigenvalue weighted by Gasteiger charge is -2.08. The Morgan fingerprint density at radius 2 is 1.21 bits per heavy atom. The fraction of sp³-hybridized carbons (Fsp3) is 0.0278. The lowest BCUT2D eigenvalue weighted by atomic mass is 9.95. The Kier molecular flexibility index (Phi) is 6.80. The summed E-state index contributed by atoms with van der Waals surface area (Å²) in [5, 5.41) is 12.2. The summed E-state index contributed by atoms with van der Waals surface area (Å²) in [4.78, 5) is 0. The molecule has 0 saturated heterocycles. The highest BCUT2D eigenvalue weighted by atomic mass is 32.1. The van der Waals surface area contributed by atoms with Gasteiger partial charge in [0.05, 0.1) is 0 Å². The molecule has 7 aromatic rings. The van der Waals surface area contributed by atoms with Crippen molar-refractivity contribution in [3.8, 4) is 11.1 Å². The predicted octanol–water partition coefficient (Wildman–Crippen LogP) is 10.1. The Bertz CT molecular complexity index is 1850. The van der Waals surface area contributed by atoms with E-state index in [0.29, 0.717) is 0 Å². The molecule has 0 radical (unpaired) electrons. The van der Waals surface area contributed by atoms with Gasteiger partial charge in [0.1, 0.15) is 0 Å². The second kappa shape index (κ2) is 10.8. The number of fused-ring (bicyclic) bond motifs is 4. The van der Waals surface area contributed by atoms with Crippen molar-refractivity contribution in [1.82, 2.24) is 0 Å². The molecule has 0 amide bonds. The van der Waals surface area contributed by atoms with Crippen molar-refractivity contribution in [2.75, 3.05) is 0 Å². The standard InChI is InChI=1S/C29H20S.C7H7N/c1-2-8-20(9-3-1)16-21-10-6-13-24(17-21)25-14-7-15-27-29(25)26-18-22-11-4-5-12-23(22)19-28(26)30-27;8-6-7-4-2-1-3-5-7/h1-15,17-19H,16H2;1-6,8H. The average Bonchev–Trinajstić information content (AvgIpc) is 3.35. The first kappa shape index (κ1) is 23.8. The first-order chi connectivity index (χ1) is 18.8. The monoisotopic (exact) mass is 505 g/mol. The van der Waals surface area contributed by atoms with Gasteiger partial charge >= 0.3 is 0 Å². The molecule has 182 valence electrons. The van der Waals surface area contributed by atoms with Crippen molar-refractivity contribution in [3.63, 3.8) is 0 Å². The van der Waals surface area contributed by atoms with E-state index in [0.717, 1.165) is 12.0 Å². The van der Waals surface area contributed by atoms with E-state index in [9.17, 15) is 0 Å². The van der Waals surface area contributed by atoms with Gasteiger partial charge in [0.25, 0.3) is 0 Å². The van der Waals surface area contributed by atoms with E-state index in [1.807, 2.05) is 41.7 Å². The highest BCUT2D eigenvalue weighted by Crippen LogP contribution is 2.41. The number of nitrogens with one attached hydrogen (secondary N) is 1. The van der Waals surface area contributed by atoms with Gasteiger partial charge in [0, 0.05) is 26.4 Å². The van der Waals surface area contributed by atoms with Crippen molar-refractivity contribution in [3.05, 3.63) is 156 Å². The zero-order chi connectivity index (χ0) is 25.7. The van der Waals surface area contributed by atoms with E-state index in [2.05, 4.69) is 109 Å². The van der Waals surface area contributed by atoms with E-state index >= 15 is 0 Å². The third kappa shape index (κ3) is 5.00. The number of hydrogen-bond donors (Lipinski definition) is 1. The van der Waals surface area contributed by atoms with Crippen LogP contribution in [0.4, 0.5) is 0 Å². The number of rotatable bonds is 4. The maximum absolute atomic E-state index is 6.82. The van der Waals surface area contributed by atoms with Gasteiger partial charge in [-0.25, -0.2) is 0 Å². The van der Waals surface area contributed by atoms with E-state index in [4.69, 9.17) is 5.41 Å². The summed E-state index contributed by atoms with van der Waals surface area (Å²) in [5.74, 6) is 0. The van der Waals surface area contributed by atoms with Crippen LogP contribution in [-0.4, -0.2) is 6.21 Å². The fourth-order valence-corrected chi connectivity index (χ4v) is 6.14. The molecule has 2 heteroatoms. The first-order valence-corrected chi connectivity index (χ1v) is 13.6. The van der Waals surface area contributed by atoms with Crippen molar-refractivity contribution < 1.29 is 0 Å². The minimum Gasteiger partial charge on any atom is -0.308 e. The molecule has 0 unspecified atom stereocenters. The number of benzene rings is 6. The molecular weight excluding hydrogens is 478 g/mol. The lowest BCUT2D eigenvalue weighted by molar-refractivity contribution is 1.19. The topological polar surface area (TPSA) is 23.9 Å². The Morgan fingerprint density at radius 1 is 0.553 bits per heavy atom. The molecular formula is C36H27NS. The van der Waals surface area contributed by atoms with Gasteiger partial charge in [-0.2, -0.15) is 0 Å². The molecule has 0 aliphatic carbocycles. The van der Waals surface area contributed by atoms with Gasteiger partial charge in [-0.05, 0) is 63.2 Å². The average molecular weight is 506 g/mol. The lowest BCUT2D eigenvalue weighted by Crippen LogP contribution is -1.89. The molecule has 0 bridgehead atoms. The van der Waals surface area contributed by atoms with Crippen LogP contribution in [0.1, 0.15) is 16.7 Å². The summed E-state index contributed by atoms with van der Waals surface area (Å²) in [6.45, 7) is 0. The summed E-state index contributed by atoms with van der Waals surface area (Å²) >= 11 is 1.89. The molecule has 7 rings (SSSR count). The molecule has 0 atom stereocenters. The second-order valence-corrected chi connectivity index (χ2v) is 10.5. The van der Waals surface area contributed by atoms with Crippen molar-refractivity contribution in [1.29, 1.82) is 5.41 Å². The largest absolute Gasteiger partial charge is 0.308 e. The van der Waals surface area contributed by atoms with Gasteiger partial charge in [-0.15, -0.1) is 11.3 Å². The van der Waals surface area contributed by atoms with Gasteiger partial charge in [-0.3, -0.25) is 0 Å². The van der Waals surface area contributed by atoms with Crippen LogP contribution < -0.4 is 0 Å². The van der Waals surface area contributed by atoms with Gasteiger partial charge in [0.2, 0.25) is 0 Å². The second-order valence-electron chi connectivity index (χ2n) is 9.39. The van der Waals surface area contributed by atoms with Gasteiger partial charge < -0.3 is 5.41 Å². The number of thiophene rings is 1. The number of hydrogen-bond acceptors (Lipinski definition) is 2. The summed E-state index contributed by atoms with van der Waals surface area (Å²) in [6, 6.07) is 49.3. The SMILES string of the molecule is N=Cc1ccccc1.c1ccc(Cc2cccc(-c3cccc4sc5cc6ccccc6cc5c34)c2)cc1. The summed E-state index contributed by atoms with van der Waals surface area (Å²) in [6.07, 6.45) is 2.29. The Labute approximate surface area is 227 Å². The fourth-order valence-electron chi connectivity index (χ4n) is 4.98. The molecule has 1 N–H and O–H groups in total. The molecule has 0 saturated carbocycles. The van der Waals surface area contributed by atoms with Crippen LogP contribution >= 0.6 is 11.3 Å². The smallest absolute Gasteiger partial charge is 0.0362 e. The van der Waals surface area contributed by atoms with Crippen LogP contribution in [0, 0.1) is 5.41 Å². The summed E-state index contributed by atoms with van der Waals surface area (Å²) < 4.78 is 2.71. The van der Waals surface area contributed by atoms with Crippen LogP contribution in [0.25, 0.3) is 42.1 Å². The first-order valence-electron chi connectivity index (χ1n) is 12.8. The maximum atomic E-state index is 6.82. The highest BCUT2D eigenvalue weighted by Gasteiger charge is 2.12. The zero-order valence-corrected chi connectivity index (χ0v) is 21.8. The van der Waals surface area contributed by atoms with Crippen LogP contribution in [0.2, 0.25) is 0 Å². The normalized spacial score (nSPS) is 10.8. The molecule has 0 spiro atoms. The summed E-state index contributed by atoms with van der Waals surface area (Å²) in [5.41, 5.74) is 6.26. The van der Waals surface area contributed by atoms with Crippen LogP contribution in [-0.2, 0) is 6.42 Å². The third-order valence-electron chi connectivity index (χ3n) is 6.82. The van der Waals surface area contributed by atoms with Gasteiger partial charge in [0.15, 0.2) is 0 Å². The molecule has 1 heterocycles. The minimum absolute atomic E-state index is 0.951. The molecule has 6 aromatic carbocycles. The third-order valence-corrected chi connectivity index (χ3v) is 7.94. The molecule has 1 nitrogen and oxygen atoms in total. The van der Waals surface area contributed by atoms with Crippen LogP contribution in [0.15, 0.2) is 140 Å². The maximum Gasteiger partial charge on any atom is 0.0362 e. The Balaban J connectivity index is 0.000000285. The van der Waals surface area contributed by atoms with Crippen LogP contribution in [0.3, 0.4) is 0 Å². The Morgan fingerprint density at radius 3 is 1.95 bits per heavy atom. The molecule has 0 aliphatic heterocycles. The summed E-state index contributed by atoms with van der Waals surface area (Å²) in [7, 11) is 0. The quantitative estimate of drug-likeness (QED) is 0.230.